The van der Waals surface area contributed by atoms with Crippen LogP contribution in [-0.2, 0) is 19.1 Å². The van der Waals surface area contributed by atoms with E-state index < -0.39 is 12.0 Å². The Morgan fingerprint density at radius 1 is 1.50 bits per heavy atom. The van der Waals surface area contributed by atoms with Crippen LogP contribution in [-0.4, -0.2) is 9.55 Å². The normalized spacial score (nSPS) is 20.9. The summed E-state index contributed by atoms with van der Waals surface area (Å²) in [6.07, 6.45) is -2.10. The van der Waals surface area contributed by atoms with Gasteiger partial charge in [-0.25, -0.2) is 4.98 Å². The summed E-state index contributed by atoms with van der Waals surface area (Å²) in [5.74, 6) is -0.796. The summed E-state index contributed by atoms with van der Waals surface area (Å²) in [7, 11) is 0. The Balaban J connectivity index is 2.58. The number of rotatable bonds is 1. The van der Waals surface area contributed by atoms with Crippen molar-refractivity contribution in [3.63, 3.8) is 0 Å². The SMILES string of the molecule is CC1CCCc2c(CN)nc(C(F)(F)F)n21. The number of imidazole rings is 1. The molecule has 1 atom stereocenters. The summed E-state index contributed by atoms with van der Waals surface area (Å²) in [5, 5.41) is 0. The van der Waals surface area contributed by atoms with E-state index in [0.29, 0.717) is 17.8 Å². The summed E-state index contributed by atoms with van der Waals surface area (Å²) >= 11 is 0. The molecule has 3 nitrogen and oxygen atoms in total. The van der Waals surface area contributed by atoms with Crippen LogP contribution in [0.2, 0.25) is 0 Å². The summed E-state index contributed by atoms with van der Waals surface area (Å²) in [6.45, 7) is 1.86. The molecule has 1 unspecified atom stereocenters. The molecule has 0 fully saturated rings. The molecule has 16 heavy (non-hydrogen) atoms. The van der Waals surface area contributed by atoms with Gasteiger partial charge in [0.1, 0.15) is 0 Å². The molecule has 1 aromatic rings. The van der Waals surface area contributed by atoms with Gasteiger partial charge in [0.25, 0.3) is 0 Å². The molecule has 90 valence electrons. The first-order chi connectivity index (χ1) is 7.45. The third kappa shape index (κ3) is 1.71. The van der Waals surface area contributed by atoms with Crippen molar-refractivity contribution in [1.82, 2.24) is 9.55 Å². The van der Waals surface area contributed by atoms with Gasteiger partial charge in [-0.15, -0.1) is 0 Å². The summed E-state index contributed by atoms with van der Waals surface area (Å²) in [5.41, 5.74) is 6.48. The van der Waals surface area contributed by atoms with Crippen molar-refractivity contribution in [2.45, 2.75) is 44.9 Å². The van der Waals surface area contributed by atoms with Gasteiger partial charge in [-0.1, -0.05) is 0 Å². The maximum absolute atomic E-state index is 12.8. The first kappa shape index (κ1) is 11.4. The van der Waals surface area contributed by atoms with Gasteiger partial charge < -0.3 is 10.3 Å². The molecular weight excluding hydrogens is 219 g/mol. The minimum Gasteiger partial charge on any atom is -0.325 e. The molecule has 1 aliphatic rings. The Morgan fingerprint density at radius 3 is 2.75 bits per heavy atom. The maximum Gasteiger partial charge on any atom is 0.449 e. The van der Waals surface area contributed by atoms with Crippen molar-refractivity contribution in [2.75, 3.05) is 0 Å². The van der Waals surface area contributed by atoms with E-state index in [-0.39, 0.29) is 12.6 Å². The average Bonchev–Trinajstić information content (AvgIpc) is 2.57. The highest BCUT2D eigenvalue weighted by Crippen LogP contribution is 2.36. The van der Waals surface area contributed by atoms with Crippen molar-refractivity contribution in [2.24, 2.45) is 5.73 Å². The monoisotopic (exact) mass is 233 g/mol. The molecule has 2 rings (SSSR count). The Morgan fingerprint density at radius 2 is 2.19 bits per heavy atom. The fraction of sp³-hybridized carbons (Fsp3) is 0.700. The molecule has 0 amide bonds. The van der Waals surface area contributed by atoms with Crippen molar-refractivity contribution in [3.05, 3.63) is 17.2 Å². The molecular formula is C10H14F3N3. The zero-order valence-corrected chi connectivity index (χ0v) is 9.01. The second-order valence-corrected chi connectivity index (χ2v) is 4.14. The van der Waals surface area contributed by atoms with Crippen LogP contribution in [0, 0.1) is 0 Å². The maximum atomic E-state index is 12.8. The topological polar surface area (TPSA) is 43.8 Å². The molecule has 0 saturated heterocycles. The summed E-state index contributed by atoms with van der Waals surface area (Å²) in [6, 6.07) is -0.145. The van der Waals surface area contributed by atoms with Gasteiger partial charge in [0, 0.05) is 18.3 Å². The van der Waals surface area contributed by atoms with E-state index >= 15 is 0 Å². The molecule has 1 aliphatic heterocycles. The van der Waals surface area contributed by atoms with Crippen molar-refractivity contribution >= 4 is 0 Å². The van der Waals surface area contributed by atoms with Gasteiger partial charge in [0.2, 0.25) is 5.82 Å². The van der Waals surface area contributed by atoms with E-state index in [0.717, 1.165) is 12.8 Å². The molecule has 2 N–H and O–H groups in total. The van der Waals surface area contributed by atoms with E-state index in [9.17, 15) is 13.2 Å². The molecule has 0 bridgehead atoms. The number of halogens is 3. The first-order valence-corrected chi connectivity index (χ1v) is 5.32. The van der Waals surface area contributed by atoms with E-state index in [2.05, 4.69) is 4.98 Å². The van der Waals surface area contributed by atoms with Gasteiger partial charge in [-0.3, -0.25) is 0 Å². The lowest BCUT2D eigenvalue weighted by atomic mass is 10.0. The van der Waals surface area contributed by atoms with Crippen LogP contribution in [0.3, 0.4) is 0 Å². The molecule has 0 radical (unpaired) electrons. The Labute approximate surface area is 91.5 Å². The Bertz CT molecular complexity index is 395. The molecule has 2 heterocycles. The van der Waals surface area contributed by atoms with E-state index in [1.54, 1.807) is 6.92 Å². The largest absolute Gasteiger partial charge is 0.449 e. The van der Waals surface area contributed by atoms with E-state index in [1.165, 1.54) is 4.57 Å². The third-order valence-electron chi connectivity index (χ3n) is 3.02. The quantitative estimate of drug-likeness (QED) is 0.808. The van der Waals surface area contributed by atoms with E-state index in [1.807, 2.05) is 0 Å². The van der Waals surface area contributed by atoms with Gasteiger partial charge in [-0.2, -0.15) is 13.2 Å². The average molecular weight is 233 g/mol. The second kappa shape index (κ2) is 3.76. The van der Waals surface area contributed by atoms with Crippen LogP contribution < -0.4 is 5.73 Å². The van der Waals surface area contributed by atoms with Crippen molar-refractivity contribution < 1.29 is 13.2 Å². The lowest BCUT2D eigenvalue weighted by Crippen LogP contribution is -2.22. The fourth-order valence-electron chi connectivity index (χ4n) is 2.31. The lowest BCUT2D eigenvalue weighted by molar-refractivity contribution is -0.148. The standard InChI is InChI=1S/C10H14F3N3/c1-6-3-2-4-8-7(5-14)15-9(16(6)8)10(11,12)13/h6H,2-5,14H2,1H3. The minimum absolute atomic E-state index is 0.0676. The summed E-state index contributed by atoms with van der Waals surface area (Å²) < 4.78 is 39.6. The zero-order valence-electron chi connectivity index (χ0n) is 9.01. The molecule has 1 aromatic heterocycles. The molecule has 0 aliphatic carbocycles. The number of hydrogen-bond acceptors (Lipinski definition) is 2. The number of hydrogen-bond donors (Lipinski definition) is 1. The van der Waals surface area contributed by atoms with Gasteiger partial charge in [-0.05, 0) is 26.2 Å². The fourth-order valence-corrected chi connectivity index (χ4v) is 2.31. The van der Waals surface area contributed by atoms with Gasteiger partial charge in [0.15, 0.2) is 0 Å². The predicted molar refractivity (Wildman–Crippen MR) is 52.8 cm³/mol. The highest BCUT2D eigenvalue weighted by Gasteiger charge is 2.40. The van der Waals surface area contributed by atoms with Gasteiger partial charge in [0.05, 0.1) is 5.69 Å². The molecule has 6 heteroatoms. The van der Waals surface area contributed by atoms with Crippen molar-refractivity contribution in [1.29, 1.82) is 0 Å². The third-order valence-corrected chi connectivity index (χ3v) is 3.02. The van der Waals surface area contributed by atoms with Crippen LogP contribution in [0.5, 0.6) is 0 Å². The highest BCUT2D eigenvalue weighted by atomic mass is 19.4. The Hall–Kier alpha value is -1.04. The van der Waals surface area contributed by atoms with Gasteiger partial charge >= 0.3 is 6.18 Å². The lowest BCUT2D eigenvalue weighted by Gasteiger charge is -2.25. The number of alkyl halides is 3. The highest BCUT2D eigenvalue weighted by molar-refractivity contribution is 5.21. The smallest absolute Gasteiger partial charge is 0.325 e. The molecule has 0 spiro atoms. The molecule has 0 saturated carbocycles. The number of nitrogens with two attached hydrogens (primary N) is 1. The van der Waals surface area contributed by atoms with Crippen LogP contribution in [0.15, 0.2) is 0 Å². The number of fused-ring (bicyclic) bond motifs is 1. The summed E-state index contributed by atoms with van der Waals surface area (Å²) in [4.78, 5) is 3.64. The number of aromatic nitrogens is 2. The van der Waals surface area contributed by atoms with Crippen LogP contribution in [0.1, 0.15) is 43.0 Å². The van der Waals surface area contributed by atoms with Crippen molar-refractivity contribution in [3.8, 4) is 0 Å². The predicted octanol–water partition coefficient (Wildman–Crippen LogP) is 2.26. The second-order valence-electron chi connectivity index (χ2n) is 4.14. The number of nitrogens with zero attached hydrogens (tertiary/aromatic N) is 2. The zero-order chi connectivity index (χ0) is 11.9. The van der Waals surface area contributed by atoms with Crippen LogP contribution in [0.4, 0.5) is 13.2 Å². The first-order valence-electron chi connectivity index (χ1n) is 5.32. The van der Waals surface area contributed by atoms with Crippen LogP contribution in [0.25, 0.3) is 0 Å². The van der Waals surface area contributed by atoms with E-state index in [4.69, 9.17) is 5.73 Å². The van der Waals surface area contributed by atoms with Crippen LogP contribution >= 0.6 is 0 Å². The minimum atomic E-state index is -4.40. The Kier molecular flexibility index (Phi) is 2.69. The molecule has 0 aromatic carbocycles.